The molecule has 0 amide bonds. The molecule has 0 aromatic heterocycles. The Hall–Kier alpha value is -1.31. The fraction of sp³-hybridized carbons (Fsp3) is 0.462. The van der Waals surface area contributed by atoms with Crippen molar-refractivity contribution in [3.05, 3.63) is 36.6 Å². The van der Waals surface area contributed by atoms with E-state index in [4.69, 9.17) is 5.73 Å². The molecule has 0 saturated carbocycles. The van der Waals surface area contributed by atoms with Crippen LogP contribution in [-0.4, -0.2) is 6.29 Å². The second-order valence-corrected chi connectivity index (χ2v) is 3.73. The molecule has 2 N–H and O–H groups in total. The SMILES string of the molecule is C=C(N)CCCCCCC(=C)/C=C\C=O. The Morgan fingerprint density at radius 1 is 1.07 bits per heavy atom. The van der Waals surface area contributed by atoms with Gasteiger partial charge in [0.2, 0.25) is 0 Å². The summed E-state index contributed by atoms with van der Waals surface area (Å²) in [6.07, 6.45) is 10.5. The van der Waals surface area contributed by atoms with Crippen LogP contribution < -0.4 is 5.73 Å². The lowest BCUT2D eigenvalue weighted by Gasteiger charge is -2.01. The average molecular weight is 207 g/mol. The van der Waals surface area contributed by atoms with Gasteiger partial charge in [-0.15, -0.1) is 0 Å². The Morgan fingerprint density at radius 3 is 2.20 bits per heavy atom. The van der Waals surface area contributed by atoms with Gasteiger partial charge in [-0.2, -0.15) is 0 Å². The standard InChI is InChI=1S/C13H21NO/c1-12(9-7-11-15)8-5-3-4-6-10-13(2)14/h7,9,11H,1-6,8,10,14H2/b9-7-. The summed E-state index contributed by atoms with van der Waals surface area (Å²) in [5.41, 5.74) is 7.25. The van der Waals surface area contributed by atoms with E-state index in [0.29, 0.717) is 0 Å². The Bertz CT molecular complexity index is 241. The molecule has 15 heavy (non-hydrogen) atoms. The van der Waals surface area contributed by atoms with Crippen molar-refractivity contribution in [1.82, 2.24) is 0 Å². The predicted octanol–water partition coefficient (Wildman–Crippen LogP) is 3.11. The van der Waals surface area contributed by atoms with Gasteiger partial charge in [0.1, 0.15) is 6.29 Å². The molecule has 0 aromatic carbocycles. The van der Waals surface area contributed by atoms with Crippen LogP contribution in [0.5, 0.6) is 0 Å². The first kappa shape index (κ1) is 13.7. The molecule has 0 saturated heterocycles. The summed E-state index contributed by atoms with van der Waals surface area (Å²) in [4.78, 5) is 10.0. The molecule has 0 bridgehead atoms. The second-order valence-electron chi connectivity index (χ2n) is 3.73. The van der Waals surface area contributed by atoms with Crippen molar-refractivity contribution < 1.29 is 4.79 Å². The van der Waals surface area contributed by atoms with Gasteiger partial charge in [-0.05, 0) is 31.8 Å². The summed E-state index contributed by atoms with van der Waals surface area (Å²) in [5, 5.41) is 0. The first-order valence-electron chi connectivity index (χ1n) is 5.39. The maximum absolute atomic E-state index is 10.0. The molecule has 2 heteroatoms. The highest BCUT2D eigenvalue weighted by molar-refractivity contribution is 5.65. The molecule has 0 aliphatic carbocycles. The third-order valence-electron chi connectivity index (χ3n) is 2.16. The lowest BCUT2D eigenvalue weighted by Crippen LogP contribution is -1.93. The number of aldehydes is 1. The molecule has 0 heterocycles. The number of rotatable bonds is 9. The fourth-order valence-electron chi connectivity index (χ4n) is 1.32. The molecular weight excluding hydrogens is 186 g/mol. The largest absolute Gasteiger partial charge is 0.403 e. The number of hydrogen-bond acceptors (Lipinski definition) is 2. The minimum absolute atomic E-state index is 0.772. The summed E-state index contributed by atoms with van der Waals surface area (Å²) < 4.78 is 0. The highest BCUT2D eigenvalue weighted by Crippen LogP contribution is 2.11. The maximum atomic E-state index is 10.0. The van der Waals surface area contributed by atoms with E-state index in [1.54, 1.807) is 6.08 Å². The fourth-order valence-corrected chi connectivity index (χ4v) is 1.32. The van der Waals surface area contributed by atoms with Crippen LogP contribution in [-0.2, 0) is 4.79 Å². The van der Waals surface area contributed by atoms with Crippen LogP contribution in [0.4, 0.5) is 0 Å². The Kier molecular flexibility index (Phi) is 8.44. The van der Waals surface area contributed by atoms with Crippen molar-refractivity contribution in [3.8, 4) is 0 Å². The van der Waals surface area contributed by atoms with E-state index in [0.717, 1.165) is 43.2 Å². The van der Waals surface area contributed by atoms with Gasteiger partial charge >= 0.3 is 0 Å². The maximum Gasteiger partial charge on any atom is 0.142 e. The number of carbonyl (C=O) groups excluding carboxylic acids is 1. The van der Waals surface area contributed by atoms with Crippen molar-refractivity contribution in [2.75, 3.05) is 0 Å². The van der Waals surface area contributed by atoms with Crippen molar-refractivity contribution in [2.24, 2.45) is 5.73 Å². The van der Waals surface area contributed by atoms with Gasteiger partial charge in [0.05, 0.1) is 0 Å². The summed E-state index contributed by atoms with van der Waals surface area (Å²) in [7, 11) is 0. The molecule has 0 fully saturated rings. The Balaban J connectivity index is 3.31. The minimum Gasteiger partial charge on any atom is -0.403 e. The molecule has 0 atom stereocenters. The molecule has 0 unspecified atom stereocenters. The van der Waals surface area contributed by atoms with Gasteiger partial charge in [-0.3, -0.25) is 4.79 Å². The first-order chi connectivity index (χ1) is 7.16. The molecule has 0 aromatic rings. The van der Waals surface area contributed by atoms with E-state index >= 15 is 0 Å². The first-order valence-corrected chi connectivity index (χ1v) is 5.39. The van der Waals surface area contributed by atoms with Gasteiger partial charge < -0.3 is 5.73 Å². The van der Waals surface area contributed by atoms with E-state index < -0.39 is 0 Å². The molecule has 0 aliphatic rings. The molecular formula is C13H21NO. The van der Waals surface area contributed by atoms with E-state index in [1.165, 1.54) is 18.9 Å². The van der Waals surface area contributed by atoms with E-state index in [2.05, 4.69) is 13.2 Å². The second kappa shape index (κ2) is 9.25. The lowest BCUT2D eigenvalue weighted by atomic mass is 10.1. The highest BCUT2D eigenvalue weighted by Gasteiger charge is 1.93. The van der Waals surface area contributed by atoms with Crippen LogP contribution in [0.25, 0.3) is 0 Å². The topological polar surface area (TPSA) is 43.1 Å². The summed E-state index contributed by atoms with van der Waals surface area (Å²) in [5.74, 6) is 0. The van der Waals surface area contributed by atoms with Crippen LogP contribution in [0.2, 0.25) is 0 Å². The molecule has 0 radical (unpaired) electrons. The Morgan fingerprint density at radius 2 is 1.67 bits per heavy atom. The van der Waals surface area contributed by atoms with Gasteiger partial charge in [0, 0.05) is 5.70 Å². The number of nitrogens with two attached hydrogens (primary N) is 1. The quantitative estimate of drug-likeness (QED) is 0.273. The van der Waals surface area contributed by atoms with Gasteiger partial charge in [-0.25, -0.2) is 0 Å². The van der Waals surface area contributed by atoms with E-state index in [9.17, 15) is 4.79 Å². The van der Waals surface area contributed by atoms with E-state index in [1.807, 2.05) is 0 Å². The third kappa shape index (κ3) is 10.6. The highest BCUT2D eigenvalue weighted by atomic mass is 16.1. The third-order valence-corrected chi connectivity index (χ3v) is 2.16. The van der Waals surface area contributed by atoms with Gasteiger partial charge in [0.15, 0.2) is 0 Å². The van der Waals surface area contributed by atoms with E-state index in [-0.39, 0.29) is 0 Å². The van der Waals surface area contributed by atoms with Crippen LogP contribution in [0.15, 0.2) is 36.6 Å². The molecule has 0 aliphatic heterocycles. The number of unbranched alkanes of at least 4 members (excludes halogenated alkanes) is 3. The van der Waals surface area contributed by atoms with Gasteiger partial charge in [-0.1, -0.05) is 37.6 Å². The average Bonchev–Trinajstić information content (AvgIpc) is 2.19. The van der Waals surface area contributed by atoms with Crippen LogP contribution in [0, 0.1) is 0 Å². The summed E-state index contributed by atoms with van der Waals surface area (Å²) in [6, 6.07) is 0. The normalized spacial score (nSPS) is 10.4. The molecule has 84 valence electrons. The summed E-state index contributed by atoms with van der Waals surface area (Å²) >= 11 is 0. The van der Waals surface area contributed by atoms with Crippen molar-refractivity contribution in [1.29, 1.82) is 0 Å². The van der Waals surface area contributed by atoms with Crippen LogP contribution in [0.1, 0.15) is 38.5 Å². The Labute approximate surface area is 92.6 Å². The zero-order chi connectivity index (χ0) is 11.5. The van der Waals surface area contributed by atoms with Crippen LogP contribution >= 0.6 is 0 Å². The monoisotopic (exact) mass is 207 g/mol. The lowest BCUT2D eigenvalue weighted by molar-refractivity contribution is -0.104. The summed E-state index contributed by atoms with van der Waals surface area (Å²) in [6.45, 7) is 7.51. The molecule has 2 nitrogen and oxygen atoms in total. The number of hydrogen-bond donors (Lipinski definition) is 1. The van der Waals surface area contributed by atoms with Crippen molar-refractivity contribution >= 4 is 6.29 Å². The zero-order valence-electron chi connectivity index (χ0n) is 9.37. The predicted molar refractivity (Wildman–Crippen MR) is 65.4 cm³/mol. The molecule has 0 spiro atoms. The number of carbonyl (C=O) groups is 1. The molecule has 0 rings (SSSR count). The van der Waals surface area contributed by atoms with Crippen molar-refractivity contribution in [3.63, 3.8) is 0 Å². The number of allylic oxidation sites excluding steroid dienone is 4. The zero-order valence-corrected chi connectivity index (χ0v) is 9.37. The van der Waals surface area contributed by atoms with Gasteiger partial charge in [0.25, 0.3) is 0 Å². The smallest absolute Gasteiger partial charge is 0.142 e. The van der Waals surface area contributed by atoms with Crippen LogP contribution in [0.3, 0.4) is 0 Å². The minimum atomic E-state index is 0.772. The van der Waals surface area contributed by atoms with Crippen molar-refractivity contribution in [2.45, 2.75) is 38.5 Å².